The minimum atomic E-state index is -0.161. The van der Waals surface area contributed by atoms with Crippen molar-refractivity contribution in [3.63, 3.8) is 0 Å². The van der Waals surface area contributed by atoms with Gasteiger partial charge in [-0.3, -0.25) is 0 Å². The first-order chi connectivity index (χ1) is 25.5. The van der Waals surface area contributed by atoms with Crippen molar-refractivity contribution in [3.05, 3.63) is 66.7 Å². The number of ether oxygens (including phenoxy) is 2. The lowest BCUT2D eigenvalue weighted by atomic mass is 9.92. The van der Waals surface area contributed by atoms with E-state index < -0.39 is 0 Å². The normalized spacial score (nSPS) is 12.3. The summed E-state index contributed by atoms with van der Waals surface area (Å²) in [6.07, 6.45) is 16.7. The average molecular weight is 702 g/mol. The van der Waals surface area contributed by atoms with E-state index in [9.17, 15) is 10.2 Å². The number of aromatic hydroxyl groups is 2. The Morgan fingerprint density at radius 2 is 1.19 bits per heavy atom. The molecule has 52 heavy (non-hydrogen) atoms. The number of phenolic OH excluding ortho intramolecular Hbond substituents is 2. The second kappa shape index (κ2) is 18.2. The highest BCUT2D eigenvalue weighted by molar-refractivity contribution is 6.25. The molecular formula is C45H55N3O4. The number of aromatic nitrogens is 3. The second-order valence-corrected chi connectivity index (χ2v) is 14.3. The summed E-state index contributed by atoms with van der Waals surface area (Å²) in [5.41, 5.74) is 0.947. The van der Waals surface area contributed by atoms with E-state index in [4.69, 9.17) is 19.4 Å². The van der Waals surface area contributed by atoms with Gasteiger partial charge in [-0.25, -0.2) is 4.98 Å². The molecule has 0 aliphatic rings. The Morgan fingerprint density at radius 1 is 0.596 bits per heavy atom. The summed E-state index contributed by atoms with van der Waals surface area (Å²) < 4.78 is 12.2. The minimum absolute atomic E-state index is 0.121. The van der Waals surface area contributed by atoms with Crippen LogP contribution in [0.4, 0.5) is 0 Å². The van der Waals surface area contributed by atoms with Crippen LogP contribution >= 0.6 is 0 Å². The van der Waals surface area contributed by atoms with Gasteiger partial charge in [0.1, 0.15) is 22.8 Å². The van der Waals surface area contributed by atoms with E-state index in [-0.39, 0.29) is 28.9 Å². The number of rotatable bonds is 21. The summed E-state index contributed by atoms with van der Waals surface area (Å²) in [5, 5.41) is 29.4. The lowest BCUT2D eigenvalue weighted by Gasteiger charge is -2.17. The summed E-state index contributed by atoms with van der Waals surface area (Å²) in [4.78, 5) is 14.4. The van der Waals surface area contributed by atoms with Crippen LogP contribution in [0.2, 0.25) is 0 Å². The first-order valence-electron chi connectivity index (χ1n) is 19.8. The third kappa shape index (κ3) is 8.86. The zero-order chi connectivity index (χ0) is 36.3. The highest BCUT2D eigenvalue weighted by Crippen LogP contribution is 2.42. The largest absolute Gasteiger partial charge is 0.507 e. The Labute approximate surface area is 308 Å². The molecule has 1 aromatic heterocycles. The quantitative estimate of drug-likeness (QED) is 0.0569. The molecule has 0 aliphatic carbocycles. The number of phenols is 2. The molecular weight excluding hydrogens is 647 g/mol. The van der Waals surface area contributed by atoms with E-state index in [0.29, 0.717) is 30.7 Å². The molecule has 6 aromatic rings. The van der Waals surface area contributed by atoms with Gasteiger partial charge in [-0.2, -0.15) is 9.97 Å². The molecule has 7 heteroatoms. The fourth-order valence-electron chi connectivity index (χ4n) is 7.35. The molecule has 0 radical (unpaired) electrons. The van der Waals surface area contributed by atoms with Gasteiger partial charge in [-0.05, 0) is 57.1 Å². The zero-order valence-corrected chi connectivity index (χ0v) is 31.3. The van der Waals surface area contributed by atoms with E-state index in [1.807, 2.05) is 6.07 Å². The molecule has 274 valence electrons. The van der Waals surface area contributed by atoms with Crippen molar-refractivity contribution >= 4 is 32.3 Å². The Balaban J connectivity index is 1.25. The molecule has 1 atom stereocenters. The van der Waals surface area contributed by atoms with Gasteiger partial charge in [-0.15, -0.1) is 0 Å². The maximum absolute atomic E-state index is 11.3. The van der Waals surface area contributed by atoms with Gasteiger partial charge in [0, 0.05) is 17.7 Å². The van der Waals surface area contributed by atoms with Gasteiger partial charge in [0.05, 0.1) is 13.2 Å². The summed E-state index contributed by atoms with van der Waals surface area (Å²) in [5.74, 6) is 1.01. The van der Waals surface area contributed by atoms with Crippen LogP contribution in [0.15, 0.2) is 66.7 Å². The van der Waals surface area contributed by atoms with Crippen molar-refractivity contribution in [1.29, 1.82) is 0 Å². The Morgan fingerprint density at radius 3 is 1.87 bits per heavy atom. The van der Waals surface area contributed by atoms with Crippen molar-refractivity contribution < 1.29 is 19.7 Å². The summed E-state index contributed by atoms with van der Waals surface area (Å²) >= 11 is 0. The van der Waals surface area contributed by atoms with Crippen molar-refractivity contribution in [2.45, 2.75) is 111 Å². The van der Waals surface area contributed by atoms with Gasteiger partial charge >= 0.3 is 6.01 Å². The predicted molar refractivity (Wildman–Crippen MR) is 214 cm³/mol. The predicted octanol–water partition coefficient (Wildman–Crippen LogP) is 12.4. The molecule has 7 nitrogen and oxygen atoms in total. The number of benzene rings is 5. The lowest BCUT2D eigenvalue weighted by molar-refractivity contribution is 0.217. The molecule has 0 fully saturated rings. The lowest BCUT2D eigenvalue weighted by Crippen LogP contribution is -2.13. The molecule has 0 saturated carbocycles. The monoisotopic (exact) mass is 701 g/mol. The van der Waals surface area contributed by atoms with E-state index >= 15 is 0 Å². The maximum atomic E-state index is 11.3. The van der Waals surface area contributed by atoms with E-state index in [2.05, 4.69) is 74.3 Å². The van der Waals surface area contributed by atoms with Crippen LogP contribution in [0.1, 0.15) is 111 Å². The van der Waals surface area contributed by atoms with Crippen LogP contribution < -0.4 is 9.47 Å². The molecule has 1 heterocycles. The highest BCUT2D eigenvalue weighted by atomic mass is 16.5. The zero-order valence-electron chi connectivity index (χ0n) is 31.3. The molecule has 0 spiro atoms. The Bertz CT molecular complexity index is 2000. The molecule has 6 rings (SSSR count). The number of hydrogen-bond acceptors (Lipinski definition) is 7. The Hall–Kier alpha value is -4.65. The van der Waals surface area contributed by atoms with Crippen molar-refractivity contribution in [1.82, 2.24) is 15.0 Å². The standard InChI is InChI=1S/C45H55N3O4/c1-4-7-9-10-11-12-13-14-15-16-27-51-35-28-38(49)42(39(50)29-35)44-46-43(47-45(48-44)52-30-31(6-3)18-8-5-2)37-26-24-34-22-21-32-19-17-20-33-23-25-36(37)41(34)40(32)33/h17,19-26,28-29,31,49-50H,4-16,18,27,30H2,1-3H3. The molecule has 0 amide bonds. The fraction of sp³-hybridized carbons (Fsp3) is 0.444. The van der Waals surface area contributed by atoms with Crippen LogP contribution in [0, 0.1) is 5.92 Å². The van der Waals surface area contributed by atoms with Gasteiger partial charge in [0.15, 0.2) is 11.6 Å². The van der Waals surface area contributed by atoms with Crippen molar-refractivity contribution in [3.8, 4) is 46.0 Å². The van der Waals surface area contributed by atoms with Crippen LogP contribution in [-0.4, -0.2) is 38.4 Å². The Kier molecular flexibility index (Phi) is 13.0. The van der Waals surface area contributed by atoms with Crippen molar-refractivity contribution in [2.75, 3.05) is 13.2 Å². The molecule has 0 bridgehead atoms. The van der Waals surface area contributed by atoms with Crippen molar-refractivity contribution in [2.24, 2.45) is 5.92 Å². The fourth-order valence-corrected chi connectivity index (χ4v) is 7.35. The van der Waals surface area contributed by atoms with E-state index in [1.54, 1.807) is 0 Å². The minimum Gasteiger partial charge on any atom is -0.507 e. The third-order valence-electron chi connectivity index (χ3n) is 10.4. The number of nitrogens with zero attached hydrogens (tertiary/aromatic N) is 3. The van der Waals surface area contributed by atoms with Gasteiger partial charge in [0.25, 0.3) is 0 Å². The summed E-state index contributed by atoms with van der Waals surface area (Å²) in [6.45, 7) is 7.62. The van der Waals surface area contributed by atoms with Crippen LogP contribution in [0.25, 0.3) is 55.1 Å². The van der Waals surface area contributed by atoms with Crippen LogP contribution in [0.3, 0.4) is 0 Å². The molecule has 2 N–H and O–H groups in total. The molecule has 1 unspecified atom stereocenters. The van der Waals surface area contributed by atoms with Gasteiger partial charge in [0.2, 0.25) is 0 Å². The average Bonchev–Trinajstić information content (AvgIpc) is 3.15. The van der Waals surface area contributed by atoms with Gasteiger partial charge < -0.3 is 19.7 Å². The SMILES string of the molecule is CCCCCCCCCCCCOc1cc(O)c(-c2nc(OCC(CC)CCCC)nc(-c3ccc4ccc5cccc6ccc3c4c56)n2)c(O)c1. The maximum Gasteiger partial charge on any atom is 0.320 e. The molecule has 5 aromatic carbocycles. The van der Waals surface area contributed by atoms with E-state index in [0.717, 1.165) is 60.2 Å². The molecule has 0 saturated heterocycles. The first-order valence-corrected chi connectivity index (χ1v) is 19.8. The second-order valence-electron chi connectivity index (χ2n) is 14.3. The number of hydrogen-bond donors (Lipinski definition) is 2. The summed E-state index contributed by atoms with van der Waals surface area (Å²) in [7, 11) is 0. The number of unbranched alkanes of at least 4 members (excludes halogenated alkanes) is 10. The van der Waals surface area contributed by atoms with Crippen LogP contribution in [-0.2, 0) is 0 Å². The molecule has 0 aliphatic heterocycles. The van der Waals surface area contributed by atoms with Crippen LogP contribution in [0.5, 0.6) is 23.3 Å². The summed E-state index contributed by atoms with van der Waals surface area (Å²) in [6, 6.07) is 22.3. The topological polar surface area (TPSA) is 97.6 Å². The highest BCUT2D eigenvalue weighted by Gasteiger charge is 2.22. The smallest absolute Gasteiger partial charge is 0.320 e. The first kappa shape index (κ1) is 37.1. The third-order valence-corrected chi connectivity index (χ3v) is 10.4. The van der Waals surface area contributed by atoms with Gasteiger partial charge in [-0.1, -0.05) is 146 Å². The van der Waals surface area contributed by atoms with E-state index in [1.165, 1.54) is 79.7 Å².